The molecule has 1 N–H and O–H groups in total. The van der Waals surface area contributed by atoms with Gasteiger partial charge in [0.1, 0.15) is 5.75 Å². The molecule has 5 heteroatoms. The molecule has 4 rings (SSSR count). The van der Waals surface area contributed by atoms with Crippen LogP contribution in [0.3, 0.4) is 0 Å². The molecular weight excluding hydrogens is 376 g/mol. The van der Waals surface area contributed by atoms with Gasteiger partial charge < -0.3 is 14.4 Å². The molecule has 1 aromatic heterocycles. The maximum Gasteiger partial charge on any atom is 0.335 e. The van der Waals surface area contributed by atoms with Crippen molar-refractivity contribution in [2.24, 2.45) is 7.05 Å². The smallest absolute Gasteiger partial charge is 0.335 e. The molecule has 0 spiro atoms. The maximum atomic E-state index is 10.2. The van der Waals surface area contributed by atoms with Crippen LogP contribution in [-0.2, 0) is 13.6 Å². The van der Waals surface area contributed by atoms with E-state index in [2.05, 4.69) is 42.5 Å². The lowest BCUT2D eigenvalue weighted by Gasteiger charge is -2.27. The lowest BCUT2D eigenvalue weighted by Crippen LogP contribution is -2.29. The Balaban J connectivity index is 0.000000239. The summed E-state index contributed by atoms with van der Waals surface area (Å²) in [7, 11) is 3.94. The number of nitrogens with zero attached hydrogens (tertiary/aromatic N) is 2. The average Bonchev–Trinajstić information content (AvgIpc) is 3.07. The van der Waals surface area contributed by atoms with E-state index in [1.807, 2.05) is 0 Å². The average molecular weight is 409 g/mol. The van der Waals surface area contributed by atoms with Crippen molar-refractivity contribution in [2.45, 2.75) is 39.7 Å². The second kappa shape index (κ2) is 9.81. The predicted molar refractivity (Wildman–Crippen MR) is 121 cm³/mol. The summed E-state index contributed by atoms with van der Waals surface area (Å²) in [5.74, 6) is 0.159. The molecule has 30 heavy (non-hydrogen) atoms. The highest BCUT2D eigenvalue weighted by Crippen LogP contribution is 2.34. The first kappa shape index (κ1) is 21.9. The lowest BCUT2D eigenvalue weighted by atomic mass is 10.0. The first-order valence-electron chi connectivity index (χ1n) is 10.6. The largest absolute Gasteiger partial charge is 0.496 e. The Kier molecular flexibility index (Phi) is 7.16. The molecule has 3 aromatic rings. The molecule has 0 unspecified atom stereocenters. The van der Waals surface area contributed by atoms with Gasteiger partial charge in [0.15, 0.2) is 0 Å². The zero-order chi connectivity index (χ0) is 21.7. The van der Waals surface area contributed by atoms with Crippen LogP contribution in [-0.4, -0.2) is 40.7 Å². The van der Waals surface area contributed by atoms with Crippen LogP contribution in [0.4, 0.5) is 0 Å². The van der Waals surface area contributed by atoms with Gasteiger partial charge in [-0.15, -0.1) is 0 Å². The van der Waals surface area contributed by atoms with Crippen LogP contribution in [0.15, 0.2) is 42.5 Å². The van der Waals surface area contributed by atoms with Gasteiger partial charge in [-0.2, -0.15) is 0 Å². The van der Waals surface area contributed by atoms with Crippen LogP contribution >= 0.6 is 0 Å². The summed E-state index contributed by atoms with van der Waals surface area (Å²) in [6.45, 7) is 7.78. The van der Waals surface area contributed by atoms with Crippen molar-refractivity contribution in [3.05, 3.63) is 64.8 Å². The molecule has 1 saturated heterocycles. The molecule has 2 aromatic carbocycles. The van der Waals surface area contributed by atoms with E-state index in [-0.39, 0.29) is 0 Å². The van der Waals surface area contributed by atoms with Crippen LogP contribution in [0.2, 0.25) is 0 Å². The number of hydrogen-bond donors (Lipinski definition) is 1. The van der Waals surface area contributed by atoms with Gasteiger partial charge in [0.2, 0.25) is 0 Å². The van der Waals surface area contributed by atoms with Gasteiger partial charge in [0, 0.05) is 30.2 Å². The first-order valence-corrected chi connectivity index (χ1v) is 10.6. The minimum Gasteiger partial charge on any atom is -0.496 e. The van der Waals surface area contributed by atoms with E-state index in [1.165, 1.54) is 60.1 Å². The number of hydrogen-bond acceptors (Lipinski definition) is 3. The minimum absolute atomic E-state index is 0.331. The topological polar surface area (TPSA) is 54.7 Å². The van der Waals surface area contributed by atoms with Crippen LogP contribution in [0.1, 0.15) is 46.4 Å². The number of carbonyl (C=O) groups is 1. The van der Waals surface area contributed by atoms with Crippen molar-refractivity contribution in [2.75, 3.05) is 20.2 Å². The number of fused-ring (bicyclic) bond motifs is 1. The second-order valence-corrected chi connectivity index (χ2v) is 7.99. The van der Waals surface area contributed by atoms with E-state index in [0.29, 0.717) is 5.56 Å². The number of likely N-dealkylation sites (tertiary alicyclic amines) is 1. The molecule has 160 valence electrons. The standard InChI is InChI=1S/C18H26N2O.C7H6O2/c1-13-10-17(21-4)16(12-20-8-6-5-7-9-20)15-11-14(2)19(3)18(13)15;8-7(9)6-4-2-1-3-5-6/h10-11H,5-9,12H2,1-4H3;1-5H,(H,8,9). The van der Waals surface area contributed by atoms with Crippen molar-refractivity contribution in [1.82, 2.24) is 9.47 Å². The van der Waals surface area contributed by atoms with Crippen molar-refractivity contribution in [3.8, 4) is 5.75 Å². The van der Waals surface area contributed by atoms with Crippen LogP contribution in [0.25, 0.3) is 10.9 Å². The summed E-state index contributed by atoms with van der Waals surface area (Å²) in [6.07, 6.45) is 4.03. The summed E-state index contributed by atoms with van der Waals surface area (Å²) in [6, 6.07) is 12.8. The number of aryl methyl sites for hydroxylation is 3. The normalized spacial score (nSPS) is 14.3. The molecule has 0 aliphatic carbocycles. The summed E-state index contributed by atoms with van der Waals surface area (Å²) < 4.78 is 7.98. The van der Waals surface area contributed by atoms with Crippen molar-refractivity contribution >= 4 is 16.9 Å². The van der Waals surface area contributed by atoms with Gasteiger partial charge in [0.05, 0.1) is 18.2 Å². The molecule has 5 nitrogen and oxygen atoms in total. The van der Waals surface area contributed by atoms with Gasteiger partial charge >= 0.3 is 5.97 Å². The number of aromatic carboxylic acids is 1. The fourth-order valence-corrected chi connectivity index (χ4v) is 4.19. The molecule has 0 saturated carbocycles. The highest BCUT2D eigenvalue weighted by molar-refractivity contribution is 5.89. The lowest BCUT2D eigenvalue weighted by molar-refractivity contribution is 0.0697. The SMILES string of the molecule is COc1cc(C)c2c(cc(C)n2C)c1CN1CCCCC1.O=C(O)c1ccccc1. The van der Waals surface area contributed by atoms with E-state index >= 15 is 0 Å². The summed E-state index contributed by atoms with van der Waals surface area (Å²) in [5.41, 5.74) is 5.63. The highest BCUT2D eigenvalue weighted by Gasteiger charge is 2.18. The Hall–Kier alpha value is -2.79. The maximum absolute atomic E-state index is 10.2. The Bertz CT molecular complexity index is 1000. The second-order valence-electron chi connectivity index (χ2n) is 7.99. The monoisotopic (exact) mass is 408 g/mol. The van der Waals surface area contributed by atoms with Crippen molar-refractivity contribution in [3.63, 3.8) is 0 Å². The van der Waals surface area contributed by atoms with Gasteiger partial charge in [-0.3, -0.25) is 4.90 Å². The zero-order valence-corrected chi connectivity index (χ0v) is 18.4. The van der Waals surface area contributed by atoms with Crippen LogP contribution < -0.4 is 4.74 Å². The summed E-state index contributed by atoms with van der Waals surface area (Å²) in [5, 5.41) is 9.74. The Morgan fingerprint density at radius 1 is 1.07 bits per heavy atom. The fraction of sp³-hybridized carbons (Fsp3) is 0.400. The number of carboxylic acid groups (broad SMARTS) is 1. The molecule has 2 heterocycles. The Labute approximate surface area is 178 Å². The number of methoxy groups -OCH3 is 1. The van der Waals surface area contributed by atoms with Gasteiger partial charge in [-0.1, -0.05) is 24.6 Å². The first-order chi connectivity index (χ1) is 14.4. The number of rotatable bonds is 4. The number of benzene rings is 2. The van der Waals surface area contributed by atoms with Crippen LogP contribution in [0.5, 0.6) is 5.75 Å². The molecule has 0 bridgehead atoms. The number of ether oxygens (including phenoxy) is 1. The Morgan fingerprint density at radius 2 is 1.73 bits per heavy atom. The van der Waals surface area contributed by atoms with E-state index in [4.69, 9.17) is 9.84 Å². The van der Waals surface area contributed by atoms with Gasteiger partial charge in [-0.05, 0) is 69.6 Å². The van der Waals surface area contributed by atoms with Crippen molar-refractivity contribution in [1.29, 1.82) is 0 Å². The fourth-order valence-electron chi connectivity index (χ4n) is 4.19. The predicted octanol–water partition coefficient (Wildman–Crippen LogP) is 5.17. The van der Waals surface area contributed by atoms with Crippen LogP contribution in [0, 0.1) is 13.8 Å². The molecule has 1 aliphatic rings. The third-order valence-electron chi connectivity index (χ3n) is 5.89. The molecule has 0 amide bonds. The Morgan fingerprint density at radius 3 is 2.30 bits per heavy atom. The van der Waals surface area contributed by atoms with Gasteiger partial charge in [-0.25, -0.2) is 4.79 Å². The van der Waals surface area contributed by atoms with E-state index in [0.717, 1.165) is 12.3 Å². The molecule has 0 radical (unpaired) electrons. The third-order valence-corrected chi connectivity index (χ3v) is 5.89. The summed E-state index contributed by atoms with van der Waals surface area (Å²) >= 11 is 0. The molecular formula is C25H32N2O3. The van der Waals surface area contributed by atoms with Crippen molar-refractivity contribution < 1.29 is 14.6 Å². The number of carboxylic acids is 1. The minimum atomic E-state index is -0.879. The summed E-state index contributed by atoms with van der Waals surface area (Å²) in [4.78, 5) is 12.8. The number of piperidine rings is 1. The molecule has 0 atom stereocenters. The quantitative estimate of drug-likeness (QED) is 0.647. The van der Waals surface area contributed by atoms with E-state index in [9.17, 15) is 4.79 Å². The van der Waals surface area contributed by atoms with E-state index < -0.39 is 5.97 Å². The highest BCUT2D eigenvalue weighted by atomic mass is 16.5. The van der Waals surface area contributed by atoms with Gasteiger partial charge in [0.25, 0.3) is 0 Å². The number of aromatic nitrogens is 1. The van der Waals surface area contributed by atoms with E-state index in [1.54, 1.807) is 37.4 Å². The third kappa shape index (κ3) is 4.85. The zero-order valence-electron chi connectivity index (χ0n) is 18.4. The molecule has 1 fully saturated rings. The molecule has 1 aliphatic heterocycles.